The Bertz CT molecular complexity index is 2140. The molecule has 0 spiro atoms. The van der Waals surface area contributed by atoms with E-state index in [1.54, 1.807) is 48.7 Å². The second-order valence-electron chi connectivity index (χ2n) is 16.9. The van der Waals surface area contributed by atoms with Crippen LogP contribution in [-0.2, 0) is 29.1 Å². The summed E-state index contributed by atoms with van der Waals surface area (Å²) in [6.45, 7) is 14.2. The third-order valence-electron chi connectivity index (χ3n) is 10.2. The number of amides is 4. The van der Waals surface area contributed by atoms with Gasteiger partial charge in [0.05, 0.1) is 24.6 Å². The van der Waals surface area contributed by atoms with Crippen molar-refractivity contribution in [2.45, 2.75) is 102 Å². The van der Waals surface area contributed by atoms with Crippen LogP contribution in [0.5, 0.6) is 11.6 Å². The first kappa shape index (κ1) is 40.5. The average Bonchev–Trinajstić information content (AvgIpc) is 4.06. The lowest BCUT2D eigenvalue weighted by atomic mass is 9.85. The van der Waals surface area contributed by atoms with Gasteiger partial charge in [-0.3, -0.25) is 19.1 Å². The Morgan fingerprint density at radius 1 is 1.02 bits per heavy atom. The molecule has 5 atom stereocenters. The van der Waals surface area contributed by atoms with Gasteiger partial charge < -0.3 is 29.7 Å². The Hall–Kier alpha value is -5.18. The van der Waals surface area contributed by atoms with Crippen LogP contribution in [0.15, 0.2) is 67.3 Å². The summed E-state index contributed by atoms with van der Waals surface area (Å²) in [6.07, 6.45) is 0.978. The number of aromatic nitrogens is 1. The van der Waals surface area contributed by atoms with Gasteiger partial charge in [-0.25, -0.2) is 18.2 Å². The zero-order chi connectivity index (χ0) is 40.8. The largest absolute Gasteiger partial charge is 0.497 e. The molecule has 3 aliphatic rings. The molecule has 2 saturated carbocycles. The number of hydrogen-bond donors (Lipinski definition) is 3. The lowest BCUT2D eigenvalue weighted by Crippen LogP contribution is -2.60. The molecule has 56 heavy (non-hydrogen) atoms. The number of nitrogens with zero attached hydrogens (tertiary/aromatic N) is 2. The predicted molar refractivity (Wildman–Crippen MR) is 210 cm³/mol. The lowest BCUT2D eigenvalue weighted by molar-refractivity contribution is -0.143. The van der Waals surface area contributed by atoms with Crippen LogP contribution in [0.4, 0.5) is 4.79 Å². The topological polar surface area (TPSA) is 182 Å². The van der Waals surface area contributed by atoms with Crippen LogP contribution < -0.4 is 24.8 Å². The van der Waals surface area contributed by atoms with Crippen LogP contribution >= 0.6 is 0 Å². The number of fused-ring (bicyclic) bond motifs is 1. The Morgan fingerprint density at radius 2 is 1.70 bits per heavy atom. The molecule has 3 fully saturated rings. The summed E-state index contributed by atoms with van der Waals surface area (Å²) in [7, 11) is -2.33. The fraction of sp³-hybridized carbons (Fsp3) is 0.488. The summed E-state index contributed by atoms with van der Waals surface area (Å²) >= 11 is 0. The number of carbonyl (C=O) groups excluding carboxylic acids is 4. The molecular weight excluding hydrogens is 739 g/mol. The van der Waals surface area contributed by atoms with Crippen LogP contribution in [0.3, 0.4) is 0 Å². The van der Waals surface area contributed by atoms with E-state index in [0.29, 0.717) is 35.6 Å². The number of rotatable bonds is 12. The Balaban J connectivity index is 1.33. The predicted octanol–water partition coefficient (Wildman–Crippen LogP) is 4.87. The highest BCUT2D eigenvalue weighted by Gasteiger charge is 2.62. The number of hydrogen-bond acceptors (Lipinski definition) is 10. The minimum absolute atomic E-state index is 0.000468. The van der Waals surface area contributed by atoms with Crippen molar-refractivity contribution in [3.05, 3.63) is 67.3 Å². The summed E-state index contributed by atoms with van der Waals surface area (Å²) in [6, 6.07) is 14.6. The van der Waals surface area contributed by atoms with Crippen molar-refractivity contribution >= 4 is 44.6 Å². The highest BCUT2D eigenvalue weighted by Crippen LogP contribution is 2.45. The lowest BCUT2D eigenvalue weighted by Gasteiger charge is -2.36. The molecule has 2 heterocycles. The smallest absolute Gasteiger partial charge is 0.408 e. The molecular formula is C41H51N5O9S. The van der Waals surface area contributed by atoms with Gasteiger partial charge in [-0.05, 0) is 87.2 Å². The monoisotopic (exact) mass is 789 g/mol. The fourth-order valence-corrected chi connectivity index (χ4v) is 8.32. The van der Waals surface area contributed by atoms with Crippen LogP contribution in [0.2, 0.25) is 0 Å². The molecule has 1 aromatic heterocycles. The molecule has 2 aliphatic carbocycles. The molecule has 3 aromatic rings. The van der Waals surface area contributed by atoms with Gasteiger partial charge in [-0.15, -0.1) is 6.58 Å². The van der Waals surface area contributed by atoms with Crippen molar-refractivity contribution in [2.75, 3.05) is 13.7 Å². The number of alkyl carbamates (subject to hydrolysis) is 1. The SMILES string of the molecule is C=C[C@@H]1C[C@]1(NC(=O)[C@@H]1C[C@@H](Oc2nc(-c3ccc(OC)cc3)cc3ccccc23)CN1C(=O)[C@@H](NC(=O)OC(C)(C)C)C(C)(C)C)C(=O)NS(=O)(=O)C1CC1. The van der Waals surface area contributed by atoms with E-state index in [-0.39, 0.29) is 19.4 Å². The van der Waals surface area contributed by atoms with Gasteiger partial charge in [0.15, 0.2) is 0 Å². The molecule has 3 N–H and O–H groups in total. The van der Waals surface area contributed by atoms with E-state index in [1.807, 2.05) is 54.6 Å². The van der Waals surface area contributed by atoms with Gasteiger partial charge in [0.1, 0.15) is 35.1 Å². The molecule has 14 nitrogen and oxygen atoms in total. The van der Waals surface area contributed by atoms with E-state index in [9.17, 15) is 27.6 Å². The maximum absolute atomic E-state index is 14.6. The van der Waals surface area contributed by atoms with Crippen LogP contribution in [0.1, 0.15) is 67.2 Å². The molecule has 0 radical (unpaired) electrons. The zero-order valence-electron chi connectivity index (χ0n) is 32.9. The number of nitrogens with one attached hydrogen (secondary N) is 3. The number of sulfonamides is 1. The molecule has 300 valence electrons. The number of methoxy groups -OCH3 is 1. The van der Waals surface area contributed by atoms with E-state index >= 15 is 0 Å². The number of likely N-dealkylation sites (tertiary alicyclic amines) is 1. The molecule has 6 rings (SSSR count). The standard InChI is InChI=1S/C41H51N5O9S/c1-9-26-22-41(26,37(49)45-56(51,52)29-18-19-29)44-34(47)32-21-28(23-46(32)36(48)33(39(2,3)4)43-38(50)55-40(5,6)7)54-35-30-13-11-10-12-25(30)20-31(42-35)24-14-16-27(53-8)17-15-24/h9-17,20,26,28-29,32-33H,1,18-19,21-23H2,2-8H3,(H,43,50)(H,44,47)(H,45,49)/t26-,28-,32+,33-,41-/m1/s1. The molecule has 15 heteroatoms. The summed E-state index contributed by atoms with van der Waals surface area (Å²) < 4.78 is 45.1. The molecule has 0 bridgehead atoms. The van der Waals surface area contributed by atoms with Crippen molar-refractivity contribution in [1.82, 2.24) is 25.2 Å². The first-order chi connectivity index (χ1) is 26.2. The van der Waals surface area contributed by atoms with Crippen molar-refractivity contribution in [1.29, 1.82) is 0 Å². The summed E-state index contributed by atoms with van der Waals surface area (Å²) in [5.41, 5.74) is -1.79. The second-order valence-corrected chi connectivity index (χ2v) is 18.8. The maximum Gasteiger partial charge on any atom is 0.408 e. The van der Waals surface area contributed by atoms with Gasteiger partial charge >= 0.3 is 6.09 Å². The van der Waals surface area contributed by atoms with E-state index in [4.69, 9.17) is 19.2 Å². The molecule has 1 aliphatic heterocycles. The summed E-state index contributed by atoms with van der Waals surface area (Å²) in [5, 5.41) is 6.45. The Labute approximate surface area is 327 Å². The fourth-order valence-electron chi connectivity index (χ4n) is 6.96. The second kappa shape index (κ2) is 15.1. The minimum atomic E-state index is -3.92. The van der Waals surface area contributed by atoms with E-state index < -0.39 is 79.7 Å². The summed E-state index contributed by atoms with van der Waals surface area (Å²) in [5.74, 6) is -1.65. The van der Waals surface area contributed by atoms with Gasteiger partial charge in [-0.2, -0.15) is 0 Å². The van der Waals surface area contributed by atoms with E-state index in [0.717, 1.165) is 10.9 Å². The first-order valence-electron chi connectivity index (χ1n) is 18.8. The third-order valence-corrected chi connectivity index (χ3v) is 12.1. The zero-order valence-corrected chi connectivity index (χ0v) is 33.7. The van der Waals surface area contributed by atoms with Crippen molar-refractivity contribution in [3.63, 3.8) is 0 Å². The van der Waals surface area contributed by atoms with E-state index in [2.05, 4.69) is 21.9 Å². The van der Waals surface area contributed by atoms with Crippen molar-refractivity contribution in [3.8, 4) is 22.9 Å². The highest BCUT2D eigenvalue weighted by atomic mass is 32.2. The van der Waals surface area contributed by atoms with Crippen LogP contribution in [-0.4, -0.2) is 90.3 Å². The van der Waals surface area contributed by atoms with Gasteiger partial charge in [0, 0.05) is 23.3 Å². The van der Waals surface area contributed by atoms with Crippen molar-refractivity contribution in [2.24, 2.45) is 11.3 Å². The van der Waals surface area contributed by atoms with Gasteiger partial charge in [0.2, 0.25) is 27.7 Å². The normalized spacial score (nSPS) is 22.8. The minimum Gasteiger partial charge on any atom is -0.497 e. The number of benzene rings is 2. The number of ether oxygens (including phenoxy) is 3. The maximum atomic E-state index is 14.6. The Kier molecular flexibility index (Phi) is 10.9. The molecule has 0 unspecified atom stereocenters. The molecule has 4 amide bonds. The van der Waals surface area contributed by atoms with Crippen LogP contribution in [0.25, 0.3) is 22.0 Å². The Morgan fingerprint density at radius 3 is 2.29 bits per heavy atom. The van der Waals surface area contributed by atoms with Crippen LogP contribution in [0, 0.1) is 11.3 Å². The van der Waals surface area contributed by atoms with Crippen molar-refractivity contribution < 1.29 is 41.8 Å². The highest BCUT2D eigenvalue weighted by molar-refractivity contribution is 7.91. The number of carbonyl (C=O) groups is 4. The third kappa shape index (κ3) is 8.77. The molecule has 2 aromatic carbocycles. The van der Waals surface area contributed by atoms with Gasteiger partial charge in [0.25, 0.3) is 5.91 Å². The summed E-state index contributed by atoms with van der Waals surface area (Å²) in [4.78, 5) is 61.9. The quantitative estimate of drug-likeness (QED) is 0.214. The van der Waals surface area contributed by atoms with Gasteiger partial charge in [-0.1, -0.05) is 45.0 Å². The number of pyridine rings is 1. The van der Waals surface area contributed by atoms with E-state index in [1.165, 1.54) is 11.0 Å². The average molecular weight is 790 g/mol. The molecule has 1 saturated heterocycles. The first-order valence-corrected chi connectivity index (χ1v) is 20.3.